The molecule has 1 rings (SSSR count). The highest BCUT2D eigenvalue weighted by molar-refractivity contribution is 4.87. The molecule has 0 aromatic rings. The molecule has 1 unspecified atom stereocenters. The molecule has 0 bridgehead atoms. The van der Waals surface area contributed by atoms with Crippen LogP contribution in [0.5, 0.6) is 0 Å². The van der Waals surface area contributed by atoms with Gasteiger partial charge in [-0.3, -0.25) is 0 Å². The zero-order chi connectivity index (χ0) is 14.1. The van der Waals surface area contributed by atoms with Gasteiger partial charge in [0.1, 0.15) is 0 Å². The predicted octanol–water partition coefficient (Wildman–Crippen LogP) is 2.10. The van der Waals surface area contributed by atoms with Crippen LogP contribution < -0.4 is 5.32 Å². The van der Waals surface area contributed by atoms with Crippen molar-refractivity contribution < 1.29 is 14.6 Å². The number of hydrogen-bond donors (Lipinski definition) is 2. The highest BCUT2D eigenvalue weighted by Gasteiger charge is 2.27. The maximum Gasteiger partial charge on any atom is 0.0619 e. The van der Waals surface area contributed by atoms with E-state index in [9.17, 15) is 5.11 Å². The highest BCUT2D eigenvalue weighted by Crippen LogP contribution is 2.19. The molecule has 2 N–H and O–H groups in total. The third kappa shape index (κ3) is 6.21. The van der Waals surface area contributed by atoms with Crippen molar-refractivity contribution in [3.63, 3.8) is 0 Å². The number of hydrogen-bond acceptors (Lipinski definition) is 4. The second-order valence-corrected chi connectivity index (χ2v) is 5.88. The van der Waals surface area contributed by atoms with Gasteiger partial charge in [-0.15, -0.1) is 0 Å². The van der Waals surface area contributed by atoms with E-state index in [4.69, 9.17) is 9.47 Å². The van der Waals surface area contributed by atoms with Gasteiger partial charge < -0.3 is 19.9 Å². The fourth-order valence-corrected chi connectivity index (χ4v) is 2.70. The van der Waals surface area contributed by atoms with Crippen LogP contribution in [0.4, 0.5) is 0 Å². The molecule has 1 fully saturated rings. The van der Waals surface area contributed by atoms with Crippen molar-refractivity contribution in [2.75, 3.05) is 26.4 Å². The number of aliphatic hydroxyl groups excluding tert-OH is 1. The Morgan fingerprint density at radius 3 is 2.58 bits per heavy atom. The summed E-state index contributed by atoms with van der Waals surface area (Å²) < 4.78 is 11.2. The normalized spacial score (nSPS) is 20.7. The van der Waals surface area contributed by atoms with E-state index in [1.54, 1.807) is 0 Å². The molecular formula is C15H31NO3. The van der Waals surface area contributed by atoms with Crippen molar-refractivity contribution in [1.29, 1.82) is 0 Å². The summed E-state index contributed by atoms with van der Waals surface area (Å²) in [5, 5.41) is 13.2. The maximum atomic E-state index is 9.65. The lowest BCUT2D eigenvalue weighted by atomic mass is 9.90. The van der Waals surface area contributed by atoms with Gasteiger partial charge in [-0.1, -0.05) is 20.8 Å². The van der Waals surface area contributed by atoms with E-state index >= 15 is 0 Å². The van der Waals surface area contributed by atoms with Crippen molar-refractivity contribution in [2.24, 2.45) is 0 Å². The molecule has 19 heavy (non-hydrogen) atoms. The molecule has 1 atom stereocenters. The van der Waals surface area contributed by atoms with Gasteiger partial charge in [0.05, 0.1) is 12.7 Å². The maximum absolute atomic E-state index is 9.65. The average molecular weight is 273 g/mol. The Kier molecular flexibility index (Phi) is 7.91. The van der Waals surface area contributed by atoms with Crippen molar-refractivity contribution in [3.8, 4) is 0 Å². The number of ether oxygens (including phenoxy) is 2. The van der Waals surface area contributed by atoms with Gasteiger partial charge in [-0.25, -0.2) is 0 Å². The van der Waals surface area contributed by atoms with Crippen molar-refractivity contribution in [1.82, 2.24) is 5.32 Å². The smallest absolute Gasteiger partial charge is 0.0619 e. The van der Waals surface area contributed by atoms with Gasteiger partial charge in [0.2, 0.25) is 0 Å². The minimum absolute atomic E-state index is 0.146. The average Bonchev–Trinajstić information content (AvgIpc) is 2.43. The Balaban J connectivity index is 2.23. The van der Waals surface area contributed by atoms with Crippen LogP contribution in [-0.2, 0) is 9.47 Å². The van der Waals surface area contributed by atoms with E-state index in [0.717, 1.165) is 51.9 Å². The Labute approximate surface area is 117 Å². The van der Waals surface area contributed by atoms with Crippen LogP contribution in [0, 0.1) is 0 Å². The van der Waals surface area contributed by atoms with Gasteiger partial charge in [0.15, 0.2) is 0 Å². The third-order valence-corrected chi connectivity index (χ3v) is 3.90. The van der Waals surface area contributed by atoms with E-state index in [0.29, 0.717) is 12.1 Å². The molecule has 0 saturated carbocycles. The Bertz CT molecular complexity index is 223. The molecule has 1 aliphatic rings. The second kappa shape index (κ2) is 8.90. The first-order valence-electron chi connectivity index (χ1n) is 7.70. The van der Waals surface area contributed by atoms with Gasteiger partial charge >= 0.3 is 0 Å². The molecule has 0 radical (unpaired) electrons. The first kappa shape index (κ1) is 16.9. The summed E-state index contributed by atoms with van der Waals surface area (Å²) in [5.74, 6) is 0. The third-order valence-electron chi connectivity index (χ3n) is 3.90. The van der Waals surface area contributed by atoms with Gasteiger partial charge in [-0.2, -0.15) is 0 Å². The van der Waals surface area contributed by atoms with Gasteiger partial charge in [0.25, 0.3) is 0 Å². The molecule has 0 amide bonds. The van der Waals surface area contributed by atoms with Crippen LogP contribution in [0.25, 0.3) is 0 Å². The summed E-state index contributed by atoms with van der Waals surface area (Å²) >= 11 is 0. The molecule has 0 aliphatic carbocycles. The van der Waals surface area contributed by atoms with Crippen LogP contribution in [-0.4, -0.2) is 49.2 Å². The fourth-order valence-electron chi connectivity index (χ4n) is 2.70. The van der Waals surface area contributed by atoms with E-state index in [1.165, 1.54) is 0 Å². The lowest BCUT2D eigenvalue weighted by Gasteiger charge is -2.34. The summed E-state index contributed by atoms with van der Waals surface area (Å²) in [6, 6.07) is 0.392. The summed E-state index contributed by atoms with van der Waals surface area (Å²) in [5.41, 5.74) is -0.146. The molecule has 114 valence electrons. The fraction of sp³-hybridized carbons (Fsp3) is 1.00. The summed E-state index contributed by atoms with van der Waals surface area (Å²) in [7, 11) is 0. The van der Waals surface area contributed by atoms with Crippen LogP contribution >= 0.6 is 0 Å². The minimum Gasteiger partial charge on any atom is -0.394 e. The Morgan fingerprint density at radius 1 is 1.37 bits per heavy atom. The van der Waals surface area contributed by atoms with E-state index in [1.807, 2.05) is 0 Å². The van der Waals surface area contributed by atoms with Crippen molar-refractivity contribution >= 4 is 0 Å². The molecule has 1 heterocycles. The summed E-state index contributed by atoms with van der Waals surface area (Å²) in [6.45, 7) is 9.01. The van der Waals surface area contributed by atoms with Gasteiger partial charge in [0, 0.05) is 31.4 Å². The summed E-state index contributed by atoms with van der Waals surface area (Å²) in [4.78, 5) is 0. The van der Waals surface area contributed by atoms with Crippen LogP contribution in [0.2, 0.25) is 0 Å². The molecule has 4 nitrogen and oxygen atoms in total. The molecule has 0 aromatic carbocycles. The number of rotatable bonds is 9. The highest BCUT2D eigenvalue weighted by atomic mass is 16.5. The molecular weight excluding hydrogens is 242 g/mol. The van der Waals surface area contributed by atoms with Crippen molar-refractivity contribution in [3.05, 3.63) is 0 Å². The van der Waals surface area contributed by atoms with Crippen LogP contribution in [0.1, 0.15) is 52.9 Å². The lowest BCUT2D eigenvalue weighted by Crippen LogP contribution is -2.51. The molecule has 0 spiro atoms. The monoisotopic (exact) mass is 273 g/mol. The Morgan fingerprint density at radius 2 is 2.05 bits per heavy atom. The zero-order valence-electron chi connectivity index (χ0n) is 12.8. The molecule has 1 saturated heterocycles. The molecule has 0 aromatic heterocycles. The van der Waals surface area contributed by atoms with Crippen LogP contribution in [0.3, 0.4) is 0 Å². The van der Waals surface area contributed by atoms with Crippen molar-refractivity contribution in [2.45, 2.75) is 70.6 Å². The van der Waals surface area contributed by atoms with E-state index in [-0.39, 0.29) is 12.1 Å². The molecule has 4 heteroatoms. The number of aliphatic hydroxyl groups is 1. The SMILES string of the molecule is CCC(CO)(CCCOC1CCOCC1)NC(C)C. The first-order valence-corrected chi connectivity index (χ1v) is 7.70. The summed E-state index contributed by atoms with van der Waals surface area (Å²) in [6.07, 6.45) is 5.30. The zero-order valence-corrected chi connectivity index (χ0v) is 12.8. The minimum atomic E-state index is -0.146. The predicted molar refractivity (Wildman–Crippen MR) is 77.4 cm³/mol. The van der Waals surface area contributed by atoms with Gasteiger partial charge in [-0.05, 0) is 32.1 Å². The topological polar surface area (TPSA) is 50.7 Å². The quantitative estimate of drug-likeness (QED) is 0.632. The van der Waals surface area contributed by atoms with Crippen LogP contribution in [0.15, 0.2) is 0 Å². The second-order valence-electron chi connectivity index (χ2n) is 5.88. The Hall–Kier alpha value is -0.160. The van der Waals surface area contributed by atoms with E-state index in [2.05, 4.69) is 26.1 Å². The largest absolute Gasteiger partial charge is 0.394 e. The lowest BCUT2D eigenvalue weighted by molar-refractivity contribution is -0.0347. The first-order chi connectivity index (χ1) is 9.12. The standard InChI is InChI=1S/C15H31NO3/c1-4-15(12-17,16-13(2)3)8-5-9-19-14-6-10-18-11-7-14/h13-14,16-17H,4-12H2,1-3H3. The molecule has 1 aliphatic heterocycles. The van der Waals surface area contributed by atoms with E-state index < -0.39 is 0 Å². The number of nitrogens with one attached hydrogen (secondary N) is 1.